The molecule has 0 spiro atoms. The molecule has 0 amide bonds. The molecule has 0 aliphatic carbocycles. The lowest BCUT2D eigenvalue weighted by Gasteiger charge is -2.32. The Bertz CT molecular complexity index is 249. The summed E-state index contributed by atoms with van der Waals surface area (Å²) in [6.45, 7) is 3.08. The van der Waals surface area contributed by atoms with Crippen molar-refractivity contribution in [3.05, 3.63) is 0 Å². The van der Waals surface area contributed by atoms with Gasteiger partial charge >= 0.3 is 6.18 Å². The molecule has 0 bridgehead atoms. The molecule has 1 rings (SSSR count). The second-order valence-corrected chi connectivity index (χ2v) is 5.21. The van der Waals surface area contributed by atoms with Gasteiger partial charge in [0.05, 0.1) is 6.07 Å². The molecule has 0 saturated carbocycles. The van der Waals surface area contributed by atoms with E-state index >= 15 is 0 Å². The maximum absolute atomic E-state index is 12.3. The predicted molar refractivity (Wildman–Crippen MR) is 53.5 cm³/mol. The first-order chi connectivity index (χ1) is 6.93. The third-order valence-electron chi connectivity index (χ3n) is 2.32. The van der Waals surface area contributed by atoms with Crippen molar-refractivity contribution < 1.29 is 13.2 Å². The number of nitrogens with zero attached hydrogens (tertiary/aromatic N) is 2. The summed E-state index contributed by atoms with van der Waals surface area (Å²) in [5.74, 6) is -1.01. The topological polar surface area (TPSA) is 27.0 Å². The number of halogens is 3. The molecule has 15 heavy (non-hydrogen) atoms. The Balaban J connectivity index is 2.49. The second kappa shape index (κ2) is 5.08. The van der Waals surface area contributed by atoms with Gasteiger partial charge in [0.15, 0.2) is 5.92 Å². The van der Waals surface area contributed by atoms with Gasteiger partial charge in [-0.25, -0.2) is 0 Å². The Morgan fingerprint density at radius 2 is 2.27 bits per heavy atom. The molecule has 1 heterocycles. The molecule has 0 radical (unpaired) electrons. The highest BCUT2D eigenvalue weighted by Crippen LogP contribution is 2.28. The number of hydrogen-bond acceptors (Lipinski definition) is 3. The molecule has 6 heteroatoms. The number of nitriles is 1. The van der Waals surface area contributed by atoms with Crippen molar-refractivity contribution in [2.24, 2.45) is 5.92 Å². The van der Waals surface area contributed by atoms with E-state index < -0.39 is 12.1 Å². The average molecular weight is 238 g/mol. The van der Waals surface area contributed by atoms with Crippen LogP contribution in [0.4, 0.5) is 13.2 Å². The van der Waals surface area contributed by atoms with E-state index in [1.165, 1.54) is 6.07 Å². The molecule has 2 atom stereocenters. The van der Waals surface area contributed by atoms with Gasteiger partial charge in [-0.05, 0) is 0 Å². The van der Waals surface area contributed by atoms with Crippen LogP contribution in [-0.4, -0.2) is 41.7 Å². The van der Waals surface area contributed by atoms with Crippen molar-refractivity contribution in [2.45, 2.75) is 18.3 Å². The minimum absolute atomic E-state index is 0.190. The van der Waals surface area contributed by atoms with Crippen molar-refractivity contribution in [1.82, 2.24) is 4.90 Å². The van der Waals surface area contributed by atoms with Crippen LogP contribution < -0.4 is 0 Å². The van der Waals surface area contributed by atoms with E-state index in [-0.39, 0.29) is 6.54 Å². The van der Waals surface area contributed by atoms with Crippen LogP contribution in [0.2, 0.25) is 0 Å². The zero-order valence-corrected chi connectivity index (χ0v) is 9.24. The molecule has 1 fully saturated rings. The van der Waals surface area contributed by atoms with E-state index in [0.717, 1.165) is 5.75 Å². The normalized spacial score (nSPS) is 25.9. The van der Waals surface area contributed by atoms with Crippen LogP contribution in [-0.2, 0) is 0 Å². The Hall–Kier alpha value is -0.410. The zero-order chi connectivity index (χ0) is 11.5. The molecular weight excluding hydrogens is 225 g/mol. The Morgan fingerprint density at radius 1 is 1.60 bits per heavy atom. The van der Waals surface area contributed by atoms with Crippen molar-refractivity contribution in [2.75, 3.05) is 25.4 Å². The van der Waals surface area contributed by atoms with E-state index in [4.69, 9.17) is 5.26 Å². The zero-order valence-electron chi connectivity index (χ0n) is 8.42. The third-order valence-corrected chi connectivity index (χ3v) is 3.45. The van der Waals surface area contributed by atoms with Crippen molar-refractivity contribution in [3.8, 4) is 6.07 Å². The number of thioether (sulfide) groups is 1. The fraction of sp³-hybridized carbons (Fsp3) is 0.889. The van der Waals surface area contributed by atoms with E-state index in [1.54, 1.807) is 16.7 Å². The van der Waals surface area contributed by atoms with Crippen molar-refractivity contribution in [3.63, 3.8) is 0 Å². The molecule has 0 N–H and O–H groups in total. The molecule has 1 aliphatic rings. The summed E-state index contributed by atoms with van der Waals surface area (Å²) in [5, 5.41) is 8.81. The van der Waals surface area contributed by atoms with Gasteiger partial charge in [0, 0.05) is 30.6 Å². The van der Waals surface area contributed by atoms with Crippen LogP contribution in [0.15, 0.2) is 0 Å². The quantitative estimate of drug-likeness (QED) is 0.737. The lowest BCUT2D eigenvalue weighted by atomic mass is 10.1. The Morgan fingerprint density at radius 3 is 2.73 bits per heavy atom. The van der Waals surface area contributed by atoms with Crippen LogP contribution in [0.25, 0.3) is 0 Å². The van der Waals surface area contributed by atoms with Gasteiger partial charge in [-0.1, -0.05) is 6.92 Å². The standard InChI is InChI=1S/C9H13F3N2S/c1-7-5-14(2-3-15-7)6-8(4-13)9(10,11)12/h7-8H,2-3,5-6H2,1H3. The first-order valence-electron chi connectivity index (χ1n) is 4.73. The van der Waals surface area contributed by atoms with Gasteiger partial charge in [0.25, 0.3) is 0 Å². The highest BCUT2D eigenvalue weighted by molar-refractivity contribution is 7.99. The maximum Gasteiger partial charge on any atom is 0.405 e. The third kappa shape index (κ3) is 3.92. The predicted octanol–water partition coefficient (Wildman–Crippen LogP) is 2.13. The van der Waals surface area contributed by atoms with Crippen molar-refractivity contribution >= 4 is 11.8 Å². The van der Waals surface area contributed by atoms with E-state index in [9.17, 15) is 13.2 Å². The molecule has 2 unspecified atom stereocenters. The number of alkyl halides is 3. The highest BCUT2D eigenvalue weighted by atomic mass is 32.2. The van der Waals surface area contributed by atoms with Gasteiger partial charge in [-0.15, -0.1) is 0 Å². The van der Waals surface area contributed by atoms with Gasteiger partial charge in [0.2, 0.25) is 0 Å². The Labute approximate surface area is 91.4 Å². The number of rotatable bonds is 2. The number of hydrogen-bond donors (Lipinski definition) is 0. The summed E-state index contributed by atoms with van der Waals surface area (Å²) < 4.78 is 37.0. The van der Waals surface area contributed by atoms with Crippen LogP contribution in [0, 0.1) is 17.2 Å². The first-order valence-corrected chi connectivity index (χ1v) is 5.78. The fourth-order valence-electron chi connectivity index (χ4n) is 1.53. The van der Waals surface area contributed by atoms with Crippen LogP contribution in [0.5, 0.6) is 0 Å². The van der Waals surface area contributed by atoms with E-state index in [0.29, 0.717) is 18.3 Å². The largest absolute Gasteiger partial charge is 0.405 e. The Kier molecular flexibility index (Phi) is 4.29. The van der Waals surface area contributed by atoms with Gasteiger partial charge in [-0.2, -0.15) is 30.2 Å². The minimum atomic E-state index is -4.40. The summed E-state index contributed by atoms with van der Waals surface area (Å²) in [4.78, 5) is 1.72. The fourth-order valence-corrected chi connectivity index (χ4v) is 2.61. The maximum atomic E-state index is 12.3. The minimum Gasteiger partial charge on any atom is -0.300 e. The lowest BCUT2D eigenvalue weighted by molar-refractivity contribution is -0.163. The SMILES string of the molecule is CC1CN(CC(C#N)C(F)(F)F)CCS1. The van der Waals surface area contributed by atoms with Crippen LogP contribution >= 0.6 is 11.8 Å². The highest BCUT2D eigenvalue weighted by Gasteiger charge is 2.41. The summed E-state index contributed by atoms with van der Waals surface area (Å²) in [5.41, 5.74) is 0. The molecule has 0 aromatic carbocycles. The molecule has 0 aromatic heterocycles. The summed E-state index contributed by atoms with van der Waals surface area (Å²) in [6, 6.07) is 1.33. The van der Waals surface area contributed by atoms with Crippen LogP contribution in [0.1, 0.15) is 6.92 Å². The summed E-state index contributed by atoms with van der Waals surface area (Å²) >= 11 is 1.76. The second-order valence-electron chi connectivity index (χ2n) is 3.66. The first kappa shape index (κ1) is 12.7. The monoisotopic (exact) mass is 238 g/mol. The van der Waals surface area contributed by atoms with Gasteiger partial charge in [-0.3, -0.25) is 4.90 Å². The lowest BCUT2D eigenvalue weighted by Crippen LogP contribution is -2.42. The van der Waals surface area contributed by atoms with E-state index in [2.05, 4.69) is 0 Å². The molecule has 86 valence electrons. The van der Waals surface area contributed by atoms with Gasteiger partial charge < -0.3 is 0 Å². The summed E-state index contributed by atoms with van der Waals surface area (Å²) in [6.07, 6.45) is -4.40. The van der Waals surface area contributed by atoms with Crippen molar-refractivity contribution in [1.29, 1.82) is 5.26 Å². The van der Waals surface area contributed by atoms with Crippen LogP contribution in [0.3, 0.4) is 0 Å². The molecular formula is C9H13F3N2S. The molecule has 0 aromatic rings. The smallest absolute Gasteiger partial charge is 0.300 e. The molecule has 1 saturated heterocycles. The average Bonchev–Trinajstić information content (AvgIpc) is 2.12. The van der Waals surface area contributed by atoms with Gasteiger partial charge in [0.1, 0.15) is 0 Å². The summed E-state index contributed by atoms with van der Waals surface area (Å²) in [7, 11) is 0. The van der Waals surface area contributed by atoms with E-state index in [1.807, 2.05) is 6.92 Å². The molecule has 1 aliphatic heterocycles. The molecule has 2 nitrogen and oxygen atoms in total.